The van der Waals surface area contributed by atoms with E-state index in [0.717, 1.165) is 23.8 Å². The highest BCUT2D eigenvalue weighted by Gasteiger charge is 2.29. The highest BCUT2D eigenvalue weighted by molar-refractivity contribution is 7.90. The Bertz CT molecular complexity index is 879. The quantitative estimate of drug-likeness (QED) is 0.901. The smallest absolute Gasteiger partial charge is 0.233 e. The Hall–Kier alpha value is -2.48. The Balaban J connectivity index is 1.77. The lowest BCUT2D eigenvalue weighted by Crippen LogP contribution is -2.20. The molecule has 1 N–H and O–H groups in total. The van der Waals surface area contributed by atoms with E-state index in [2.05, 4.69) is 15.5 Å². The normalized spacial score (nSPS) is 16.5. The number of methoxy groups -OCH3 is 1. The van der Waals surface area contributed by atoms with Gasteiger partial charge in [-0.3, -0.25) is 4.79 Å². The number of carbonyl (C=O) groups is 1. The second-order valence-electron chi connectivity index (χ2n) is 5.67. The molecule has 0 fully saturated rings. The molecule has 0 aliphatic heterocycles. The van der Waals surface area contributed by atoms with Crippen molar-refractivity contribution in [3.8, 4) is 5.75 Å². The minimum Gasteiger partial charge on any atom is -0.497 e. The maximum atomic E-state index is 12.5. The Labute approximate surface area is 140 Å². The molecule has 0 saturated carbocycles. The van der Waals surface area contributed by atoms with E-state index in [1.165, 1.54) is 12.1 Å². The van der Waals surface area contributed by atoms with Crippen LogP contribution in [0.3, 0.4) is 0 Å². The van der Waals surface area contributed by atoms with Gasteiger partial charge in [-0.25, -0.2) is 8.42 Å². The first-order valence-corrected chi connectivity index (χ1v) is 9.29. The molecule has 1 aliphatic rings. The SMILES string of the molecule is COc1ccc2c(c1)C(C(=O)Nc1ccc(S(C)(=O)=O)nn1)CC2. The lowest BCUT2D eigenvalue weighted by atomic mass is 10.0. The molecule has 8 heteroatoms. The minimum atomic E-state index is -3.41. The zero-order valence-corrected chi connectivity index (χ0v) is 14.1. The maximum absolute atomic E-state index is 12.5. The summed E-state index contributed by atoms with van der Waals surface area (Å²) in [6, 6.07) is 8.49. The fourth-order valence-corrected chi connectivity index (χ4v) is 3.28. The molecule has 0 radical (unpaired) electrons. The first-order chi connectivity index (χ1) is 11.4. The van der Waals surface area contributed by atoms with Crippen molar-refractivity contribution in [1.82, 2.24) is 10.2 Å². The van der Waals surface area contributed by atoms with Gasteiger partial charge in [0.1, 0.15) is 5.75 Å². The van der Waals surface area contributed by atoms with Crippen LogP contribution in [0.2, 0.25) is 0 Å². The van der Waals surface area contributed by atoms with Crippen molar-refractivity contribution < 1.29 is 17.9 Å². The summed E-state index contributed by atoms with van der Waals surface area (Å²) in [6.45, 7) is 0. The van der Waals surface area contributed by atoms with Crippen molar-refractivity contribution in [1.29, 1.82) is 0 Å². The number of anilines is 1. The van der Waals surface area contributed by atoms with Gasteiger partial charge in [-0.05, 0) is 48.2 Å². The number of carbonyl (C=O) groups excluding carboxylic acids is 1. The van der Waals surface area contributed by atoms with E-state index in [9.17, 15) is 13.2 Å². The molecular formula is C16H17N3O4S. The standard InChI is InChI=1S/C16H17N3O4S/c1-23-11-5-3-10-4-6-12(13(10)9-11)16(20)17-14-7-8-15(19-18-14)24(2,21)22/h3,5,7-9,12H,4,6H2,1-2H3,(H,17,18,20). The summed E-state index contributed by atoms with van der Waals surface area (Å²) in [6.07, 6.45) is 2.59. The van der Waals surface area contributed by atoms with E-state index in [1.807, 2.05) is 18.2 Å². The van der Waals surface area contributed by atoms with E-state index in [-0.39, 0.29) is 22.7 Å². The Kier molecular flexibility index (Phi) is 4.23. The van der Waals surface area contributed by atoms with Gasteiger partial charge in [-0.1, -0.05) is 6.07 Å². The predicted octanol–water partition coefficient (Wildman–Crippen LogP) is 1.56. The van der Waals surface area contributed by atoms with E-state index in [4.69, 9.17) is 4.74 Å². The molecule has 126 valence electrons. The topological polar surface area (TPSA) is 98.2 Å². The fourth-order valence-electron chi connectivity index (χ4n) is 2.78. The van der Waals surface area contributed by atoms with Gasteiger partial charge in [0.25, 0.3) is 0 Å². The molecule has 3 rings (SSSR count). The van der Waals surface area contributed by atoms with Crippen molar-refractivity contribution >= 4 is 21.6 Å². The van der Waals surface area contributed by atoms with Crippen LogP contribution in [0.4, 0.5) is 5.82 Å². The third kappa shape index (κ3) is 3.23. The average Bonchev–Trinajstić information content (AvgIpc) is 2.97. The van der Waals surface area contributed by atoms with Gasteiger partial charge < -0.3 is 10.1 Å². The molecule has 1 unspecified atom stereocenters. The molecular weight excluding hydrogens is 330 g/mol. The highest BCUT2D eigenvalue weighted by atomic mass is 32.2. The van der Waals surface area contributed by atoms with Gasteiger partial charge in [0.2, 0.25) is 5.91 Å². The van der Waals surface area contributed by atoms with Crippen molar-refractivity contribution in [2.24, 2.45) is 0 Å². The van der Waals surface area contributed by atoms with Crippen molar-refractivity contribution in [2.45, 2.75) is 23.8 Å². The van der Waals surface area contributed by atoms with Gasteiger partial charge >= 0.3 is 0 Å². The zero-order chi connectivity index (χ0) is 17.3. The number of sulfone groups is 1. The molecule has 24 heavy (non-hydrogen) atoms. The molecule has 1 aromatic carbocycles. The van der Waals surface area contributed by atoms with E-state index in [0.29, 0.717) is 12.2 Å². The molecule has 0 spiro atoms. The van der Waals surface area contributed by atoms with Crippen molar-refractivity contribution in [3.05, 3.63) is 41.5 Å². The van der Waals surface area contributed by atoms with Crippen LogP contribution in [-0.2, 0) is 21.1 Å². The summed E-state index contributed by atoms with van der Waals surface area (Å²) >= 11 is 0. The van der Waals surface area contributed by atoms with Crippen molar-refractivity contribution in [3.63, 3.8) is 0 Å². The van der Waals surface area contributed by atoms with Crippen LogP contribution < -0.4 is 10.1 Å². The van der Waals surface area contributed by atoms with Crippen LogP contribution in [0.1, 0.15) is 23.5 Å². The summed E-state index contributed by atoms with van der Waals surface area (Å²) in [4.78, 5) is 12.5. The summed E-state index contributed by atoms with van der Waals surface area (Å²) in [7, 11) is -1.82. The van der Waals surface area contributed by atoms with Gasteiger partial charge in [-0.15, -0.1) is 10.2 Å². The van der Waals surface area contributed by atoms with Crippen LogP contribution in [0.5, 0.6) is 5.75 Å². The zero-order valence-electron chi connectivity index (χ0n) is 13.3. The van der Waals surface area contributed by atoms with Crippen LogP contribution in [0, 0.1) is 0 Å². The number of ether oxygens (including phenoxy) is 1. The lowest BCUT2D eigenvalue weighted by molar-refractivity contribution is -0.117. The summed E-state index contributed by atoms with van der Waals surface area (Å²) < 4.78 is 28.0. The van der Waals surface area contributed by atoms with E-state index >= 15 is 0 Å². The summed E-state index contributed by atoms with van der Waals surface area (Å²) in [5.74, 6) is 0.462. The van der Waals surface area contributed by atoms with Crippen LogP contribution >= 0.6 is 0 Å². The number of benzene rings is 1. The van der Waals surface area contributed by atoms with Crippen molar-refractivity contribution in [2.75, 3.05) is 18.7 Å². The summed E-state index contributed by atoms with van der Waals surface area (Å²) in [5.41, 5.74) is 2.09. The molecule has 2 aromatic rings. The van der Waals surface area contributed by atoms with E-state index in [1.54, 1.807) is 7.11 Å². The molecule has 1 aromatic heterocycles. The number of aromatic nitrogens is 2. The minimum absolute atomic E-state index is 0.128. The number of hydrogen-bond donors (Lipinski definition) is 1. The van der Waals surface area contributed by atoms with Crippen LogP contribution in [0.25, 0.3) is 0 Å². The Morgan fingerprint density at radius 3 is 2.67 bits per heavy atom. The molecule has 1 atom stereocenters. The number of fused-ring (bicyclic) bond motifs is 1. The number of aryl methyl sites for hydroxylation is 1. The number of rotatable bonds is 4. The fraction of sp³-hybridized carbons (Fsp3) is 0.312. The molecule has 0 saturated heterocycles. The molecule has 1 heterocycles. The number of amides is 1. The average molecular weight is 347 g/mol. The monoisotopic (exact) mass is 347 g/mol. The molecule has 1 amide bonds. The van der Waals surface area contributed by atoms with Gasteiger partial charge in [0, 0.05) is 6.26 Å². The number of hydrogen-bond acceptors (Lipinski definition) is 6. The number of nitrogens with one attached hydrogen (secondary N) is 1. The van der Waals surface area contributed by atoms with Gasteiger partial charge in [0.05, 0.1) is 13.0 Å². The first-order valence-electron chi connectivity index (χ1n) is 7.40. The van der Waals surface area contributed by atoms with Crippen LogP contribution in [-0.4, -0.2) is 37.9 Å². The third-order valence-corrected chi connectivity index (χ3v) is 5.00. The van der Waals surface area contributed by atoms with Crippen LogP contribution in [0.15, 0.2) is 35.4 Å². The second-order valence-corrected chi connectivity index (χ2v) is 7.64. The van der Waals surface area contributed by atoms with Gasteiger partial charge in [0.15, 0.2) is 20.7 Å². The molecule has 1 aliphatic carbocycles. The first kappa shape index (κ1) is 16.4. The number of nitrogens with zero attached hydrogens (tertiary/aromatic N) is 2. The van der Waals surface area contributed by atoms with E-state index < -0.39 is 9.84 Å². The third-order valence-electron chi connectivity index (χ3n) is 4.02. The summed E-state index contributed by atoms with van der Waals surface area (Å²) in [5, 5.41) is 9.95. The second kappa shape index (κ2) is 6.20. The lowest BCUT2D eigenvalue weighted by Gasteiger charge is -2.12. The Morgan fingerprint density at radius 1 is 1.25 bits per heavy atom. The van der Waals surface area contributed by atoms with Gasteiger partial charge in [-0.2, -0.15) is 0 Å². The molecule has 0 bridgehead atoms. The highest BCUT2D eigenvalue weighted by Crippen LogP contribution is 2.36. The Morgan fingerprint density at radius 2 is 2.04 bits per heavy atom. The molecule has 7 nitrogen and oxygen atoms in total. The maximum Gasteiger partial charge on any atom is 0.233 e. The largest absolute Gasteiger partial charge is 0.497 e. The predicted molar refractivity (Wildman–Crippen MR) is 87.8 cm³/mol.